The fourth-order valence-electron chi connectivity index (χ4n) is 1.84. The zero-order valence-corrected chi connectivity index (χ0v) is 11.5. The van der Waals surface area contributed by atoms with Crippen LogP contribution >= 0.6 is 0 Å². The molecule has 1 saturated carbocycles. The van der Waals surface area contributed by atoms with Crippen molar-refractivity contribution in [1.82, 2.24) is 10.3 Å². The minimum absolute atomic E-state index is 0.683. The van der Waals surface area contributed by atoms with Crippen LogP contribution in [0.2, 0.25) is 0 Å². The molecule has 1 aliphatic carbocycles. The van der Waals surface area contributed by atoms with Gasteiger partial charge in [-0.25, -0.2) is 4.98 Å². The van der Waals surface area contributed by atoms with Crippen molar-refractivity contribution in [2.75, 3.05) is 13.2 Å². The van der Waals surface area contributed by atoms with Crippen molar-refractivity contribution < 1.29 is 4.74 Å². The van der Waals surface area contributed by atoms with Gasteiger partial charge in [0.2, 0.25) is 5.88 Å². The maximum Gasteiger partial charge on any atom is 0.213 e. The molecule has 0 aromatic carbocycles. The van der Waals surface area contributed by atoms with E-state index >= 15 is 0 Å². The standard InChI is InChI=1S/C15H24N2O/c1-12(2)9-16-10-14-5-6-15(17-11-14)18-8-7-13-3-4-13/h5-6,11-13,16H,3-4,7-10H2,1-2H3. The highest BCUT2D eigenvalue weighted by atomic mass is 16.5. The predicted molar refractivity (Wildman–Crippen MR) is 73.6 cm³/mol. The van der Waals surface area contributed by atoms with E-state index in [1.807, 2.05) is 12.3 Å². The monoisotopic (exact) mass is 248 g/mol. The molecule has 3 heteroatoms. The molecule has 0 aliphatic heterocycles. The van der Waals surface area contributed by atoms with Gasteiger partial charge in [-0.15, -0.1) is 0 Å². The van der Waals surface area contributed by atoms with E-state index < -0.39 is 0 Å². The molecule has 0 spiro atoms. The summed E-state index contributed by atoms with van der Waals surface area (Å²) in [6.45, 7) is 7.15. The summed E-state index contributed by atoms with van der Waals surface area (Å²) in [6, 6.07) is 4.06. The maximum atomic E-state index is 5.62. The molecule has 18 heavy (non-hydrogen) atoms. The molecule has 3 nitrogen and oxygen atoms in total. The lowest BCUT2D eigenvalue weighted by Gasteiger charge is -2.08. The molecule has 1 heterocycles. The third kappa shape index (κ3) is 5.05. The van der Waals surface area contributed by atoms with Gasteiger partial charge in [-0.05, 0) is 30.4 Å². The van der Waals surface area contributed by atoms with Crippen molar-refractivity contribution in [1.29, 1.82) is 0 Å². The Morgan fingerprint density at radius 1 is 1.39 bits per heavy atom. The fraction of sp³-hybridized carbons (Fsp3) is 0.667. The minimum atomic E-state index is 0.683. The van der Waals surface area contributed by atoms with Crippen LogP contribution in [0.1, 0.15) is 38.7 Å². The van der Waals surface area contributed by atoms with Crippen LogP contribution in [-0.2, 0) is 6.54 Å². The Balaban J connectivity index is 1.67. The van der Waals surface area contributed by atoms with Gasteiger partial charge < -0.3 is 10.1 Å². The zero-order chi connectivity index (χ0) is 12.8. The molecule has 1 aliphatic rings. The highest BCUT2D eigenvalue weighted by Crippen LogP contribution is 2.32. The van der Waals surface area contributed by atoms with E-state index in [1.165, 1.54) is 24.8 Å². The van der Waals surface area contributed by atoms with Crippen LogP contribution in [0.15, 0.2) is 18.3 Å². The quantitative estimate of drug-likeness (QED) is 0.768. The third-order valence-corrected chi connectivity index (χ3v) is 3.15. The normalized spacial score (nSPS) is 15.1. The first-order valence-electron chi connectivity index (χ1n) is 7.02. The van der Waals surface area contributed by atoms with Gasteiger partial charge in [0, 0.05) is 18.8 Å². The lowest BCUT2D eigenvalue weighted by Crippen LogP contribution is -2.19. The van der Waals surface area contributed by atoms with Crippen molar-refractivity contribution in [3.8, 4) is 5.88 Å². The summed E-state index contributed by atoms with van der Waals surface area (Å²) >= 11 is 0. The van der Waals surface area contributed by atoms with E-state index in [9.17, 15) is 0 Å². The molecular weight excluding hydrogens is 224 g/mol. The number of hydrogen-bond acceptors (Lipinski definition) is 3. The van der Waals surface area contributed by atoms with Gasteiger partial charge in [0.15, 0.2) is 0 Å². The average molecular weight is 248 g/mol. The van der Waals surface area contributed by atoms with Crippen LogP contribution < -0.4 is 10.1 Å². The summed E-state index contributed by atoms with van der Waals surface area (Å²) in [4.78, 5) is 4.33. The molecule has 0 saturated heterocycles. The summed E-state index contributed by atoms with van der Waals surface area (Å²) in [5.74, 6) is 2.36. The topological polar surface area (TPSA) is 34.1 Å². The fourth-order valence-corrected chi connectivity index (χ4v) is 1.84. The molecule has 2 rings (SSSR count). The molecule has 0 unspecified atom stereocenters. The van der Waals surface area contributed by atoms with E-state index in [0.29, 0.717) is 5.92 Å². The van der Waals surface area contributed by atoms with E-state index in [0.717, 1.165) is 31.5 Å². The van der Waals surface area contributed by atoms with Crippen molar-refractivity contribution >= 4 is 0 Å². The zero-order valence-electron chi connectivity index (χ0n) is 11.5. The van der Waals surface area contributed by atoms with Gasteiger partial charge in [-0.3, -0.25) is 0 Å². The summed E-state index contributed by atoms with van der Waals surface area (Å²) in [6.07, 6.45) is 5.85. The molecule has 1 N–H and O–H groups in total. The number of nitrogens with one attached hydrogen (secondary N) is 1. The van der Waals surface area contributed by atoms with Crippen LogP contribution in [0.5, 0.6) is 5.88 Å². The molecule has 0 bridgehead atoms. The molecule has 0 atom stereocenters. The Morgan fingerprint density at radius 2 is 2.22 bits per heavy atom. The highest BCUT2D eigenvalue weighted by Gasteiger charge is 2.20. The molecule has 100 valence electrons. The minimum Gasteiger partial charge on any atom is -0.478 e. The number of rotatable bonds is 8. The molecule has 0 radical (unpaired) electrons. The van der Waals surface area contributed by atoms with Crippen molar-refractivity contribution in [2.45, 2.75) is 39.7 Å². The Labute approximate surface area is 110 Å². The first-order valence-corrected chi connectivity index (χ1v) is 7.02. The second kappa shape index (κ2) is 6.74. The highest BCUT2D eigenvalue weighted by molar-refractivity contribution is 5.17. The van der Waals surface area contributed by atoms with Gasteiger partial charge in [0.25, 0.3) is 0 Å². The van der Waals surface area contributed by atoms with Crippen molar-refractivity contribution in [3.63, 3.8) is 0 Å². The Kier molecular flexibility index (Phi) is 5.00. The van der Waals surface area contributed by atoms with Gasteiger partial charge in [0.1, 0.15) is 0 Å². The van der Waals surface area contributed by atoms with Crippen LogP contribution in [-0.4, -0.2) is 18.1 Å². The van der Waals surface area contributed by atoms with Crippen molar-refractivity contribution in [3.05, 3.63) is 23.9 Å². The second-order valence-corrected chi connectivity index (χ2v) is 5.61. The molecule has 0 amide bonds. The summed E-state index contributed by atoms with van der Waals surface area (Å²) in [5.41, 5.74) is 1.21. The lowest BCUT2D eigenvalue weighted by molar-refractivity contribution is 0.291. The van der Waals surface area contributed by atoms with Crippen LogP contribution in [0, 0.1) is 11.8 Å². The Hall–Kier alpha value is -1.09. The molecular formula is C15H24N2O. The number of aromatic nitrogens is 1. The number of pyridine rings is 1. The van der Waals surface area contributed by atoms with E-state index in [-0.39, 0.29) is 0 Å². The van der Waals surface area contributed by atoms with Gasteiger partial charge in [-0.1, -0.05) is 32.8 Å². The average Bonchev–Trinajstić information content (AvgIpc) is 3.15. The van der Waals surface area contributed by atoms with E-state index in [1.54, 1.807) is 0 Å². The van der Waals surface area contributed by atoms with Crippen molar-refractivity contribution in [2.24, 2.45) is 11.8 Å². The first kappa shape index (κ1) is 13.3. The van der Waals surface area contributed by atoms with Crippen LogP contribution in [0.3, 0.4) is 0 Å². The molecule has 1 aromatic heterocycles. The predicted octanol–water partition coefficient (Wildman–Crippen LogP) is 3.01. The van der Waals surface area contributed by atoms with Crippen LogP contribution in [0.25, 0.3) is 0 Å². The van der Waals surface area contributed by atoms with E-state index in [2.05, 4.69) is 30.2 Å². The summed E-state index contributed by atoms with van der Waals surface area (Å²) < 4.78 is 5.62. The largest absolute Gasteiger partial charge is 0.478 e. The number of ether oxygens (including phenoxy) is 1. The number of nitrogens with zero attached hydrogens (tertiary/aromatic N) is 1. The molecule has 1 aromatic rings. The smallest absolute Gasteiger partial charge is 0.213 e. The van der Waals surface area contributed by atoms with Gasteiger partial charge >= 0.3 is 0 Å². The number of hydrogen-bond donors (Lipinski definition) is 1. The SMILES string of the molecule is CC(C)CNCc1ccc(OCCC2CC2)nc1. The lowest BCUT2D eigenvalue weighted by atomic mass is 10.2. The third-order valence-electron chi connectivity index (χ3n) is 3.15. The Morgan fingerprint density at radius 3 is 2.83 bits per heavy atom. The Bertz CT molecular complexity index is 317. The maximum absolute atomic E-state index is 5.62. The van der Waals surface area contributed by atoms with Gasteiger partial charge in [0.05, 0.1) is 6.61 Å². The van der Waals surface area contributed by atoms with Crippen LogP contribution in [0.4, 0.5) is 0 Å². The van der Waals surface area contributed by atoms with E-state index in [4.69, 9.17) is 4.74 Å². The first-order chi connectivity index (χ1) is 8.74. The molecule has 1 fully saturated rings. The summed E-state index contributed by atoms with van der Waals surface area (Å²) in [7, 11) is 0. The summed E-state index contributed by atoms with van der Waals surface area (Å²) in [5, 5.41) is 3.41. The second-order valence-electron chi connectivity index (χ2n) is 5.61. The van der Waals surface area contributed by atoms with Gasteiger partial charge in [-0.2, -0.15) is 0 Å².